The van der Waals surface area contributed by atoms with Crippen LogP contribution in [0.3, 0.4) is 0 Å². The lowest BCUT2D eigenvalue weighted by Gasteiger charge is -2.25. The quantitative estimate of drug-likeness (QED) is 0.192. The molecule has 2 aromatic rings. The van der Waals surface area contributed by atoms with Crippen LogP contribution in [0.15, 0.2) is 65.8 Å². The monoisotopic (exact) mass is 461 g/mol. The van der Waals surface area contributed by atoms with Crippen LogP contribution in [0.1, 0.15) is 44.9 Å². The number of carbonyl (C=O) groups is 2. The van der Waals surface area contributed by atoms with Gasteiger partial charge in [-0.25, -0.2) is 4.79 Å². The molecule has 0 amide bonds. The highest BCUT2D eigenvalue weighted by molar-refractivity contribution is 7.74. The molecule has 32 heavy (non-hydrogen) atoms. The first-order valence-corrected chi connectivity index (χ1v) is 11.7. The Morgan fingerprint density at radius 2 is 1.41 bits per heavy atom. The van der Waals surface area contributed by atoms with Crippen molar-refractivity contribution >= 4 is 25.3 Å². The third-order valence-electron chi connectivity index (χ3n) is 4.23. The lowest BCUT2D eigenvalue weighted by Crippen LogP contribution is -2.36. The first-order valence-electron chi connectivity index (χ1n) is 10.2. The van der Waals surface area contributed by atoms with Gasteiger partial charge in [-0.15, -0.1) is 0 Å². The minimum Gasteiger partial charge on any atom is -0.450 e. The number of carbonyl (C=O) groups excluding carboxylic acids is 2. The molecule has 0 unspecified atom stereocenters. The zero-order valence-corrected chi connectivity index (χ0v) is 19.5. The zero-order chi connectivity index (χ0) is 23.6. The van der Waals surface area contributed by atoms with Crippen molar-refractivity contribution in [1.29, 1.82) is 0 Å². The first-order chi connectivity index (χ1) is 15.2. The number of oxime groups is 1. The van der Waals surface area contributed by atoms with Gasteiger partial charge in [-0.1, -0.05) is 65.8 Å². The van der Waals surface area contributed by atoms with E-state index in [1.165, 1.54) is 13.8 Å². The van der Waals surface area contributed by atoms with E-state index in [1.54, 1.807) is 13.8 Å². The second-order valence-electron chi connectivity index (χ2n) is 7.11. The second kappa shape index (κ2) is 11.7. The van der Waals surface area contributed by atoms with Crippen LogP contribution in [-0.2, 0) is 32.8 Å². The van der Waals surface area contributed by atoms with E-state index < -0.39 is 30.8 Å². The molecule has 0 bridgehead atoms. The fourth-order valence-electron chi connectivity index (χ4n) is 2.65. The average Bonchev–Trinajstić information content (AvgIpc) is 2.78. The maximum atomic E-state index is 12.9. The minimum absolute atomic E-state index is 0.0237. The molecule has 0 aliphatic rings. The van der Waals surface area contributed by atoms with Crippen molar-refractivity contribution in [3.05, 3.63) is 71.8 Å². The Balaban J connectivity index is 2.13. The molecule has 0 N–H and O–H groups in total. The predicted molar refractivity (Wildman–Crippen MR) is 120 cm³/mol. The maximum Gasteiger partial charge on any atom is 0.402 e. The molecule has 0 aromatic heterocycles. The lowest BCUT2D eigenvalue weighted by molar-refractivity contribution is -0.172. The van der Waals surface area contributed by atoms with Crippen LogP contribution in [0.25, 0.3) is 0 Å². The van der Waals surface area contributed by atoms with Gasteiger partial charge in [0.2, 0.25) is 5.60 Å². The van der Waals surface area contributed by atoms with E-state index in [2.05, 4.69) is 5.16 Å². The number of benzene rings is 2. The topological polar surface area (TPSA) is 100 Å². The molecule has 0 radical (unpaired) electrons. The molecule has 0 fully saturated rings. The van der Waals surface area contributed by atoms with Crippen LogP contribution in [0, 0.1) is 0 Å². The van der Waals surface area contributed by atoms with E-state index in [0.717, 1.165) is 11.1 Å². The summed E-state index contributed by atoms with van der Waals surface area (Å²) in [4.78, 5) is 30.3. The van der Waals surface area contributed by atoms with Crippen LogP contribution in [0.5, 0.6) is 0 Å². The van der Waals surface area contributed by atoms with E-state index in [4.69, 9.17) is 18.6 Å². The third kappa shape index (κ3) is 6.85. The Morgan fingerprint density at radius 1 is 0.938 bits per heavy atom. The van der Waals surface area contributed by atoms with Gasteiger partial charge in [0.25, 0.3) is 5.52 Å². The molecule has 0 saturated heterocycles. The number of hydrogen-bond acceptors (Lipinski definition) is 8. The molecule has 0 saturated carbocycles. The van der Waals surface area contributed by atoms with Gasteiger partial charge in [0.1, 0.15) is 6.21 Å². The SMILES string of the molecule is CCOP(=O)(OCC)C(=O)C=NOC(C)(C)C(=O)OC(c1ccccc1)c1ccccc1. The van der Waals surface area contributed by atoms with Crippen LogP contribution in [-0.4, -0.2) is 36.5 Å². The Morgan fingerprint density at radius 3 is 1.84 bits per heavy atom. The summed E-state index contributed by atoms with van der Waals surface area (Å²) >= 11 is 0. The van der Waals surface area contributed by atoms with Crippen molar-refractivity contribution in [2.75, 3.05) is 13.2 Å². The van der Waals surface area contributed by atoms with Gasteiger partial charge < -0.3 is 18.6 Å². The highest BCUT2D eigenvalue weighted by Crippen LogP contribution is 2.48. The van der Waals surface area contributed by atoms with Gasteiger partial charge in [-0.05, 0) is 38.8 Å². The third-order valence-corrected chi connectivity index (χ3v) is 6.08. The molecule has 0 heterocycles. The van der Waals surface area contributed by atoms with Gasteiger partial charge >= 0.3 is 13.6 Å². The Hall–Kier alpha value is -2.80. The summed E-state index contributed by atoms with van der Waals surface area (Å²) in [6.45, 7) is 6.12. The lowest BCUT2D eigenvalue weighted by atomic mass is 10.0. The number of hydrogen-bond donors (Lipinski definition) is 0. The van der Waals surface area contributed by atoms with Crippen LogP contribution < -0.4 is 0 Å². The van der Waals surface area contributed by atoms with Crippen LogP contribution >= 0.6 is 7.60 Å². The summed E-state index contributed by atoms with van der Waals surface area (Å²) in [5.74, 6) is -0.697. The molecular weight excluding hydrogens is 433 g/mol. The van der Waals surface area contributed by atoms with Crippen LogP contribution in [0.2, 0.25) is 0 Å². The van der Waals surface area contributed by atoms with Crippen molar-refractivity contribution in [3.8, 4) is 0 Å². The van der Waals surface area contributed by atoms with Crippen molar-refractivity contribution in [2.24, 2.45) is 5.16 Å². The number of ether oxygens (including phenoxy) is 1. The zero-order valence-electron chi connectivity index (χ0n) is 18.6. The molecule has 2 aromatic carbocycles. The smallest absolute Gasteiger partial charge is 0.402 e. The molecule has 9 heteroatoms. The standard InChI is InChI=1S/C23H28NO7P/c1-5-28-32(27,29-6-2)20(25)17-24-31-23(3,4)22(26)30-21(18-13-9-7-10-14-18)19-15-11-8-12-16-19/h7-17,21H,5-6H2,1-4H3. The van der Waals surface area contributed by atoms with E-state index in [9.17, 15) is 14.2 Å². The fourth-order valence-corrected chi connectivity index (χ4v) is 3.85. The van der Waals surface area contributed by atoms with Gasteiger partial charge in [0.05, 0.1) is 13.2 Å². The minimum atomic E-state index is -4.00. The summed E-state index contributed by atoms with van der Waals surface area (Å²) in [6, 6.07) is 18.6. The summed E-state index contributed by atoms with van der Waals surface area (Å²) in [5.41, 5.74) is -0.927. The molecule has 8 nitrogen and oxygen atoms in total. The molecule has 0 aliphatic carbocycles. The number of esters is 1. The van der Waals surface area contributed by atoms with E-state index >= 15 is 0 Å². The van der Waals surface area contributed by atoms with Gasteiger partial charge in [-0.2, -0.15) is 0 Å². The van der Waals surface area contributed by atoms with Crippen molar-refractivity contribution < 1.29 is 32.8 Å². The fraction of sp³-hybridized carbons (Fsp3) is 0.348. The number of nitrogens with zero attached hydrogens (tertiary/aromatic N) is 1. The molecule has 2 rings (SSSR count). The largest absolute Gasteiger partial charge is 0.450 e. The Kier molecular flexibility index (Phi) is 9.32. The van der Waals surface area contributed by atoms with Crippen LogP contribution in [0.4, 0.5) is 0 Å². The highest BCUT2D eigenvalue weighted by Gasteiger charge is 2.36. The summed E-state index contributed by atoms with van der Waals surface area (Å²) in [5, 5.41) is 3.54. The summed E-state index contributed by atoms with van der Waals surface area (Å²) in [6.07, 6.45) is 0.0296. The maximum absolute atomic E-state index is 12.9. The van der Waals surface area contributed by atoms with E-state index in [-0.39, 0.29) is 13.2 Å². The Labute approximate surface area is 188 Å². The average molecular weight is 461 g/mol. The second-order valence-corrected chi connectivity index (χ2v) is 9.07. The first kappa shape index (κ1) is 25.5. The van der Waals surface area contributed by atoms with E-state index in [0.29, 0.717) is 6.21 Å². The van der Waals surface area contributed by atoms with Gasteiger partial charge in [0, 0.05) is 0 Å². The number of rotatable bonds is 12. The Bertz CT molecular complexity index is 911. The summed E-state index contributed by atoms with van der Waals surface area (Å²) in [7, 11) is -4.00. The van der Waals surface area contributed by atoms with Crippen molar-refractivity contribution in [1.82, 2.24) is 0 Å². The molecule has 0 atom stereocenters. The highest BCUT2D eigenvalue weighted by atomic mass is 31.2. The normalized spacial score (nSPS) is 12.2. The van der Waals surface area contributed by atoms with Crippen molar-refractivity contribution in [2.45, 2.75) is 39.4 Å². The molecule has 0 aliphatic heterocycles. The molecular formula is C23H28NO7P. The van der Waals surface area contributed by atoms with E-state index in [1.807, 2.05) is 60.7 Å². The molecule has 0 spiro atoms. The van der Waals surface area contributed by atoms with Crippen molar-refractivity contribution in [3.63, 3.8) is 0 Å². The summed E-state index contributed by atoms with van der Waals surface area (Å²) < 4.78 is 28.1. The van der Waals surface area contributed by atoms with Gasteiger partial charge in [-0.3, -0.25) is 9.36 Å². The predicted octanol–water partition coefficient (Wildman–Crippen LogP) is 4.89. The van der Waals surface area contributed by atoms with Gasteiger partial charge in [0.15, 0.2) is 6.10 Å². The molecule has 172 valence electrons.